The molecule has 5 aromatic rings. The highest BCUT2D eigenvalue weighted by Gasteiger charge is 2.17. The van der Waals surface area contributed by atoms with E-state index in [1.165, 1.54) is 49.4 Å². The molecule has 0 spiro atoms. The van der Waals surface area contributed by atoms with Crippen LogP contribution in [0.5, 0.6) is 0 Å². The molecule has 2 heteroatoms. The van der Waals surface area contributed by atoms with Crippen molar-refractivity contribution in [3.63, 3.8) is 0 Å². The summed E-state index contributed by atoms with van der Waals surface area (Å²) in [5.41, 5.74) is 6.40. The van der Waals surface area contributed by atoms with Crippen molar-refractivity contribution in [2.24, 2.45) is 14.1 Å². The van der Waals surface area contributed by atoms with E-state index in [0.29, 0.717) is 0 Å². The van der Waals surface area contributed by atoms with Crippen LogP contribution in [0, 0.1) is 6.92 Å². The molecule has 0 N–H and O–H groups in total. The van der Waals surface area contributed by atoms with Gasteiger partial charge in [0.2, 0.25) is 0 Å². The average molecular weight is 377 g/mol. The molecule has 5 rings (SSSR count). The third-order valence-corrected chi connectivity index (χ3v) is 5.71. The molecule has 0 aliphatic rings. The Hall–Kier alpha value is -3.52. The fourth-order valence-corrected chi connectivity index (χ4v) is 4.25. The zero-order chi connectivity index (χ0) is 20.0. The van der Waals surface area contributed by atoms with Crippen LogP contribution in [0.4, 0.5) is 0 Å². The van der Waals surface area contributed by atoms with Crippen molar-refractivity contribution in [2.45, 2.75) is 6.92 Å². The zero-order valence-electron chi connectivity index (χ0n) is 17.1. The van der Waals surface area contributed by atoms with Gasteiger partial charge in [0.05, 0.1) is 0 Å². The van der Waals surface area contributed by atoms with Gasteiger partial charge in [-0.1, -0.05) is 48.0 Å². The highest BCUT2D eigenvalue weighted by molar-refractivity contribution is 6.21. The molecule has 0 saturated heterocycles. The molecule has 2 nitrogen and oxygen atoms in total. The first kappa shape index (κ1) is 17.6. The van der Waals surface area contributed by atoms with E-state index in [1.54, 1.807) is 0 Å². The number of aryl methyl sites for hydroxylation is 3. The van der Waals surface area contributed by atoms with Gasteiger partial charge in [0.25, 0.3) is 0 Å². The van der Waals surface area contributed by atoms with Gasteiger partial charge in [-0.15, -0.1) is 0 Å². The van der Waals surface area contributed by atoms with E-state index < -0.39 is 0 Å². The third-order valence-electron chi connectivity index (χ3n) is 5.71. The molecule has 2 aromatic heterocycles. The average Bonchev–Trinajstić information content (AvgIpc) is 2.74. The van der Waals surface area contributed by atoms with Crippen LogP contribution in [0.25, 0.3) is 43.8 Å². The van der Waals surface area contributed by atoms with Crippen LogP contribution in [0.15, 0.2) is 91.5 Å². The molecule has 0 amide bonds. The van der Waals surface area contributed by atoms with E-state index in [4.69, 9.17) is 0 Å². The standard InChI is InChI=1S/C27H24N2/c1-19-8-9-24-25(18-19)27(21-12-16-29(3)17-13-21)23-7-5-4-6-22(23)26(24)20-10-14-28(2)15-11-20/h4-18H,1-3H3/q+2. The SMILES string of the molecule is Cc1ccc2c(-c3cc[n+](C)cc3)c3ccccc3c(-c3cc[n+](C)cc3)c2c1. The lowest BCUT2D eigenvalue weighted by Gasteiger charge is -2.17. The Labute approximate surface area is 171 Å². The molecular formula is C27H24N2+2. The molecule has 140 valence electrons. The van der Waals surface area contributed by atoms with Gasteiger partial charge < -0.3 is 0 Å². The molecule has 0 atom stereocenters. The normalized spacial score (nSPS) is 11.3. The molecule has 0 unspecified atom stereocenters. The summed E-state index contributed by atoms with van der Waals surface area (Å²) in [6, 6.07) is 24.5. The number of aromatic nitrogens is 2. The van der Waals surface area contributed by atoms with Gasteiger partial charge in [-0.2, -0.15) is 0 Å². The summed E-state index contributed by atoms with van der Waals surface area (Å²) in [6.45, 7) is 2.17. The third kappa shape index (κ3) is 2.98. The van der Waals surface area contributed by atoms with E-state index in [-0.39, 0.29) is 0 Å². The number of rotatable bonds is 2. The predicted molar refractivity (Wildman–Crippen MR) is 119 cm³/mol. The van der Waals surface area contributed by atoms with Crippen LogP contribution < -0.4 is 9.13 Å². The Morgan fingerprint density at radius 3 is 1.48 bits per heavy atom. The number of pyridine rings is 2. The molecule has 0 aliphatic heterocycles. The number of hydrogen-bond donors (Lipinski definition) is 0. The van der Waals surface area contributed by atoms with Crippen LogP contribution in [-0.4, -0.2) is 0 Å². The Morgan fingerprint density at radius 2 is 0.966 bits per heavy atom. The first-order chi connectivity index (χ1) is 14.1. The van der Waals surface area contributed by atoms with Crippen molar-refractivity contribution in [1.29, 1.82) is 0 Å². The van der Waals surface area contributed by atoms with Crippen LogP contribution in [-0.2, 0) is 14.1 Å². The highest BCUT2D eigenvalue weighted by Crippen LogP contribution is 2.43. The summed E-state index contributed by atoms with van der Waals surface area (Å²) in [7, 11) is 4.12. The molecule has 3 aromatic carbocycles. The second-order valence-electron chi connectivity index (χ2n) is 7.85. The van der Waals surface area contributed by atoms with Crippen LogP contribution in [0.3, 0.4) is 0 Å². The van der Waals surface area contributed by atoms with Gasteiger partial charge in [0.15, 0.2) is 24.8 Å². The quantitative estimate of drug-likeness (QED) is 0.292. The minimum Gasteiger partial charge on any atom is -0.208 e. The molecule has 0 aliphatic carbocycles. The van der Waals surface area contributed by atoms with E-state index in [2.05, 4.69) is 122 Å². The van der Waals surface area contributed by atoms with Crippen molar-refractivity contribution in [3.8, 4) is 22.3 Å². The highest BCUT2D eigenvalue weighted by atomic mass is 14.9. The summed E-state index contributed by atoms with van der Waals surface area (Å²) in [5, 5.41) is 5.19. The lowest BCUT2D eigenvalue weighted by molar-refractivity contribution is -0.671. The molecule has 0 saturated carbocycles. The molecule has 29 heavy (non-hydrogen) atoms. The van der Waals surface area contributed by atoms with Crippen molar-refractivity contribution in [1.82, 2.24) is 0 Å². The van der Waals surface area contributed by atoms with Crippen LogP contribution >= 0.6 is 0 Å². The largest absolute Gasteiger partial charge is 0.208 e. The summed E-state index contributed by atoms with van der Waals surface area (Å²) in [4.78, 5) is 0. The fourth-order valence-electron chi connectivity index (χ4n) is 4.25. The second-order valence-corrected chi connectivity index (χ2v) is 7.85. The monoisotopic (exact) mass is 376 g/mol. The van der Waals surface area contributed by atoms with Gasteiger partial charge in [0, 0.05) is 24.3 Å². The number of benzene rings is 3. The molecule has 0 bridgehead atoms. The Kier molecular flexibility index (Phi) is 4.13. The number of fused-ring (bicyclic) bond motifs is 2. The fraction of sp³-hybridized carbons (Fsp3) is 0.111. The van der Waals surface area contributed by atoms with Gasteiger partial charge >= 0.3 is 0 Å². The van der Waals surface area contributed by atoms with Crippen LogP contribution in [0.1, 0.15) is 5.56 Å². The summed E-state index contributed by atoms with van der Waals surface area (Å²) in [5.74, 6) is 0. The maximum absolute atomic E-state index is 2.33. The Bertz CT molecular complexity index is 1350. The molecule has 2 heterocycles. The van der Waals surface area contributed by atoms with E-state index in [9.17, 15) is 0 Å². The van der Waals surface area contributed by atoms with Gasteiger partial charge in [-0.25, -0.2) is 9.13 Å². The maximum atomic E-state index is 2.33. The minimum atomic E-state index is 1.25. The lowest BCUT2D eigenvalue weighted by Crippen LogP contribution is -2.25. The number of hydrogen-bond acceptors (Lipinski definition) is 0. The van der Waals surface area contributed by atoms with Gasteiger partial charge in [0.1, 0.15) is 14.1 Å². The Morgan fingerprint density at radius 1 is 0.517 bits per heavy atom. The lowest BCUT2D eigenvalue weighted by atomic mass is 9.86. The smallest absolute Gasteiger partial charge is 0.169 e. The van der Waals surface area contributed by atoms with Gasteiger partial charge in [-0.05, 0) is 50.7 Å². The minimum absolute atomic E-state index is 1.25. The zero-order valence-corrected chi connectivity index (χ0v) is 17.1. The molecule has 0 fully saturated rings. The van der Waals surface area contributed by atoms with Crippen molar-refractivity contribution in [3.05, 3.63) is 97.1 Å². The van der Waals surface area contributed by atoms with E-state index in [1.807, 2.05) is 0 Å². The summed E-state index contributed by atoms with van der Waals surface area (Å²) in [6.07, 6.45) is 8.48. The maximum Gasteiger partial charge on any atom is 0.169 e. The van der Waals surface area contributed by atoms with Crippen molar-refractivity contribution in [2.75, 3.05) is 0 Å². The Balaban J connectivity index is 1.98. The number of nitrogens with zero attached hydrogens (tertiary/aromatic N) is 2. The van der Waals surface area contributed by atoms with Crippen molar-refractivity contribution < 1.29 is 9.13 Å². The van der Waals surface area contributed by atoms with Crippen LogP contribution in [0.2, 0.25) is 0 Å². The van der Waals surface area contributed by atoms with E-state index >= 15 is 0 Å². The summed E-state index contributed by atoms with van der Waals surface area (Å²) >= 11 is 0. The predicted octanol–water partition coefficient (Wildman–Crippen LogP) is 5.28. The van der Waals surface area contributed by atoms with E-state index in [0.717, 1.165) is 0 Å². The summed E-state index contributed by atoms with van der Waals surface area (Å²) < 4.78 is 4.16. The topological polar surface area (TPSA) is 7.76 Å². The van der Waals surface area contributed by atoms with Gasteiger partial charge in [-0.3, -0.25) is 0 Å². The first-order valence-electron chi connectivity index (χ1n) is 9.98. The molecule has 0 radical (unpaired) electrons. The second kappa shape index (κ2) is 6.82. The van der Waals surface area contributed by atoms with Crippen molar-refractivity contribution >= 4 is 21.5 Å². The first-order valence-corrected chi connectivity index (χ1v) is 9.98. The molecular weight excluding hydrogens is 352 g/mol.